The molecule has 0 aliphatic rings. The van der Waals surface area contributed by atoms with Crippen LogP contribution in [0.15, 0.2) is 0 Å². The first kappa shape index (κ1) is 16.9. The second-order valence-corrected chi connectivity index (χ2v) is 5.85. The average Bonchev–Trinajstić information content (AvgIpc) is 2.21. The molecule has 0 aliphatic heterocycles. The van der Waals surface area contributed by atoms with Crippen molar-refractivity contribution < 1.29 is 0 Å². The summed E-state index contributed by atoms with van der Waals surface area (Å²) < 4.78 is 0. The van der Waals surface area contributed by atoms with Gasteiger partial charge in [-0.2, -0.15) is 0 Å². The number of unbranched alkanes of at least 4 members (excludes halogenated alkanes) is 1. The lowest BCUT2D eigenvalue weighted by Gasteiger charge is -2.31. The van der Waals surface area contributed by atoms with E-state index in [1.807, 2.05) is 0 Å². The summed E-state index contributed by atoms with van der Waals surface area (Å²) in [6, 6.07) is 2.02. The molecule has 0 bridgehead atoms. The molecule has 0 atom stereocenters. The molecule has 0 radical (unpaired) electrons. The minimum absolute atomic E-state index is 0.669. The van der Waals surface area contributed by atoms with E-state index in [0.717, 1.165) is 0 Å². The molecule has 0 aromatic rings. The Kier molecular flexibility index (Phi) is 8.89. The molecule has 17 heavy (non-hydrogen) atoms. The van der Waals surface area contributed by atoms with Gasteiger partial charge in [0.25, 0.3) is 0 Å². The summed E-state index contributed by atoms with van der Waals surface area (Å²) in [5.74, 6) is 0. The Morgan fingerprint density at radius 1 is 0.706 bits per heavy atom. The van der Waals surface area contributed by atoms with Crippen LogP contribution in [0.4, 0.5) is 0 Å². The number of hydrogen-bond acceptors (Lipinski definition) is 2. The van der Waals surface area contributed by atoms with Crippen LogP contribution in [-0.2, 0) is 0 Å². The Morgan fingerprint density at radius 2 is 1.18 bits per heavy atom. The van der Waals surface area contributed by atoms with Crippen molar-refractivity contribution in [3.8, 4) is 0 Å². The summed E-state index contributed by atoms with van der Waals surface area (Å²) in [4.78, 5) is 5.14. The van der Waals surface area contributed by atoms with E-state index in [9.17, 15) is 0 Å². The van der Waals surface area contributed by atoms with E-state index in [1.165, 1.54) is 32.5 Å². The third-order valence-electron chi connectivity index (χ3n) is 3.57. The summed E-state index contributed by atoms with van der Waals surface area (Å²) in [6.45, 7) is 19.7. The van der Waals surface area contributed by atoms with E-state index >= 15 is 0 Å². The minimum atomic E-state index is 0.669. The lowest BCUT2D eigenvalue weighted by molar-refractivity contribution is 0.164. The molecule has 0 fully saturated rings. The predicted molar refractivity (Wildman–Crippen MR) is 78.6 cm³/mol. The predicted octanol–water partition coefficient (Wildman–Crippen LogP) is 3.62. The zero-order chi connectivity index (χ0) is 13.4. The smallest absolute Gasteiger partial charge is 0.00412 e. The van der Waals surface area contributed by atoms with Crippen molar-refractivity contribution in [3.05, 3.63) is 0 Å². The van der Waals surface area contributed by atoms with Gasteiger partial charge in [0.1, 0.15) is 0 Å². The van der Waals surface area contributed by atoms with Gasteiger partial charge in [0.15, 0.2) is 0 Å². The third kappa shape index (κ3) is 7.05. The van der Waals surface area contributed by atoms with Crippen LogP contribution in [0.25, 0.3) is 0 Å². The minimum Gasteiger partial charge on any atom is -0.301 e. The summed E-state index contributed by atoms with van der Waals surface area (Å²) >= 11 is 0. The zero-order valence-corrected chi connectivity index (χ0v) is 13.2. The van der Waals surface area contributed by atoms with Gasteiger partial charge in [0.2, 0.25) is 0 Å². The molecule has 0 aromatic carbocycles. The summed E-state index contributed by atoms with van der Waals surface area (Å²) in [5.41, 5.74) is 0. The molecule has 0 saturated heterocycles. The Balaban J connectivity index is 3.82. The highest BCUT2D eigenvalue weighted by molar-refractivity contribution is 4.68. The largest absolute Gasteiger partial charge is 0.301 e. The molecular formula is C15H34N2. The summed E-state index contributed by atoms with van der Waals surface area (Å²) in [6.07, 6.45) is 2.64. The first-order valence-electron chi connectivity index (χ1n) is 7.39. The van der Waals surface area contributed by atoms with Gasteiger partial charge in [0, 0.05) is 18.1 Å². The third-order valence-corrected chi connectivity index (χ3v) is 3.57. The van der Waals surface area contributed by atoms with Gasteiger partial charge >= 0.3 is 0 Å². The van der Waals surface area contributed by atoms with E-state index in [0.29, 0.717) is 18.1 Å². The monoisotopic (exact) mass is 242 g/mol. The standard InChI is InChI=1S/C15H34N2/c1-8-16(13(2)3)11-9-10-12-17(14(4)5)15(6)7/h13-15H,8-12H2,1-7H3. The fourth-order valence-electron chi connectivity index (χ4n) is 2.50. The lowest BCUT2D eigenvalue weighted by atomic mass is 10.2. The fourth-order valence-corrected chi connectivity index (χ4v) is 2.50. The van der Waals surface area contributed by atoms with Crippen LogP contribution in [0, 0.1) is 0 Å². The average molecular weight is 242 g/mol. The van der Waals surface area contributed by atoms with Crippen molar-refractivity contribution in [2.45, 2.75) is 79.4 Å². The first-order chi connectivity index (χ1) is 7.90. The molecule has 0 aliphatic carbocycles. The molecule has 0 heterocycles. The van der Waals surface area contributed by atoms with Crippen LogP contribution in [-0.4, -0.2) is 47.6 Å². The molecule has 0 N–H and O–H groups in total. The van der Waals surface area contributed by atoms with E-state index in [4.69, 9.17) is 0 Å². The maximum Gasteiger partial charge on any atom is 0.00412 e. The van der Waals surface area contributed by atoms with Gasteiger partial charge in [0.05, 0.1) is 0 Å². The Labute approximate surface area is 109 Å². The molecule has 0 rings (SSSR count). The van der Waals surface area contributed by atoms with Gasteiger partial charge < -0.3 is 4.90 Å². The molecule has 104 valence electrons. The molecular weight excluding hydrogens is 208 g/mol. The van der Waals surface area contributed by atoms with Crippen LogP contribution in [0.2, 0.25) is 0 Å². The molecule has 0 saturated carbocycles. The number of rotatable bonds is 9. The second kappa shape index (κ2) is 8.93. The van der Waals surface area contributed by atoms with Crippen LogP contribution in [0.5, 0.6) is 0 Å². The van der Waals surface area contributed by atoms with Crippen LogP contribution in [0.3, 0.4) is 0 Å². The first-order valence-corrected chi connectivity index (χ1v) is 7.39. The van der Waals surface area contributed by atoms with E-state index < -0.39 is 0 Å². The summed E-state index contributed by atoms with van der Waals surface area (Å²) in [5, 5.41) is 0. The highest BCUT2D eigenvalue weighted by atomic mass is 15.2. The topological polar surface area (TPSA) is 6.48 Å². The van der Waals surface area contributed by atoms with E-state index in [2.05, 4.69) is 58.3 Å². The van der Waals surface area contributed by atoms with Gasteiger partial charge in [-0.15, -0.1) is 0 Å². The van der Waals surface area contributed by atoms with Gasteiger partial charge in [-0.1, -0.05) is 6.92 Å². The van der Waals surface area contributed by atoms with Crippen molar-refractivity contribution in [1.82, 2.24) is 9.80 Å². The molecule has 2 heteroatoms. The van der Waals surface area contributed by atoms with Gasteiger partial charge in [-0.05, 0) is 74.0 Å². The van der Waals surface area contributed by atoms with Crippen molar-refractivity contribution in [3.63, 3.8) is 0 Å². The molecule has 2 nitrogen and oxygen atoms in total. The maximum absolute atomic E-state index is 2.59. The van der Waals surface area contributed by atoms with E-state index in [1.54, 1.807) is 0 Å². The Bertz CT molecular complexity index is 168. The number of nitrogens with zero attached hydrogens (tertiary/aromatic N) is 2. The molecule has 0 spiro atoms. The molecule has 0 aromatic heterocycles. The van der Waals surface area contributed by atoms with Crippen LogP contribution < -0.4 is 0 Å². The molecule has 0 unspecified atom stereocenters. The number of hydrogen-bond donors (Lipinski definition) is 0. The highest BCUT2D eigenvalue weighted by Gasteiger charge is 2.13. The molecule has 0 amide bonds. The van der Waals surface area contributed by atoms with Crippen molar-refractivity contribution in [2.75, 3.05) is 19.6 Å². The van der Waals surface area contributed by atoms with Crippen LogP contribution in [0.1, 0.15) is 61.3 Å². The summed E-state index contributed by atoms with van der Waals surface area (Å²) in [7, 11) is 0. The maximum atomic E-state index is 2.59. The lowest BCUT2D eigenvalue weighted by Crippen LogP contribution is -2.38. The van der Waals surface area contributed by atoms with Crippen molar-refractivity contribution >= 4 is 0 Å². The van der Waals surface area contributed by atoms with Crippen molar-refractivity contribution in [2.24, 2.45) is 0 Å². The SMILES string of the molecule is CCN(CCCCN(C(C)C)C(C)C)C(C)C. The zero-order valence-electron chi connectivity index (χ0n) is 13.2. The van der Waals surface area contributed by atoms with Crippen LogP contribution >= 0.6 is 0 Å². The quantitative estimate of drug-likeness (QED) is 0.570. The van der Waals surface area contributed by atoms with Gasteiger partial charge in [-0.3, -0.25) is 4.90 Å². The van der Waals surface area contributed by atoms with Crippen molar-refractivity contribution in [1.29, 1.82) is 0 Å². The highest BCUT2D eigenvalue weighted by Crippen LogP contribution is 2.08. The normalized spacial score (nSPS) is 12.7. The fraction of sp³-hybridized carbons (Fsp3) is 1.00. The Morgan fingerprint density at radius 3 is 1.53 bits per heavy atom. The van der Waals surface area contributed by atoms with E-state index in [-0.39, 0.29) is 0 Å². The van der Waals surface area contributed by atoms with Gasteiger partial charge in [-0.25, -0.2) is 0 Å². The Hall–Kier alpha value is -0.0800. The second-order valence-electron chi connectivity index (χ2n) is 5.85.